The monoisotopic (exact) mass is 272 g/mol. The van der Waals surface area contributed by atoms with E-state index in [1.165, 1.54) is 0 Å². The van der Waals surface area contributed by atoms with Gasteiger partial charge in [-0.2, -0.15) is 0 Å². The summed E-state index contributed by atoms with van der Waals surface area (Å²) < 4.78 is 0. The average Bonchev–Trinajstić information content (AvgIpc) is 3.21. The van der Waals surface area contributed by atoms with Crippen LogP contribution in [0.1, 0.15) is 23.4 Å². The Hall–Kier alpha value is -1.68. The molecule has 1 aromatic carbocycles. The minimum Gasteiger partial charge on any atom is -0.351 e. The first-order valence-electron chi connectivity index (χ1n) is 6.53. The highest BCUT2D eigenvalue weighted by molar-refractivity contribution is 7.15. The summed E-state index contributed by atoms with van der Waals surface area (Å²) in [5.74, 6) is 0.455. The molecule has 1 saturated carbocycles. The lowest BCUT2D eigenvalue weighted by atomic mass is 10.2. The number of benzene rings is 1. The molecule has 0 radical (unpaired) electrons. The second kappa shape index (κ2) is 5.13. The van der Waals surface area contributed by atoms with E-state index in [0.29, 0.717) is 6.54 Å². The van der Waals surface area contributed by atoms with Crippen LogP contribution in [0.5, 0.6) is 0 Å². The van der Waals surface area contributed by atoms with Crippen LogP contribution < -0.4 is 5.32 Å². The van der Waals surface area contributed by atoms with Gasteiger partial charge in [-0.1, -0.05) is 30.3 Å². The van der Waals surface area contributed by atoms with Gasteiger partial charge in [0.15, 0.2) is 0 Å². The molecule has 0 bridgehead atoms. The quantitative estimate of drug-likeness (QED) is 0.929. The Morgan fingerprint density at radius 3 is 2.79 bits per heavy atom. The molecule has 0 saturated heterocycles. The van der Waals surface area contributed by atoms with Gasteiger partial charge in [-0.25, -0.2) is 4.98 Å². The van der Waals surface area contributed by atoms with Crippen molar-refractivity contribution in [2.45, 2.75) is 26.3 Å². The highest BCUT2D eigenvalue weighted by Gasteiger charge is 2.29. The van der Waals surface area contributed by atoms with Crippen molar-refractivity contribution in [2.24, 2.45) is 5.92 Å². The zero-order chi connectivity index (χ0) is 13.2. The SMILES string of the molecule is Cc1nc(-c2ccccc2)sc1CNC(=O)C1CC1. The van der Waals surface area contributed by atoms with Crippen LogP contribution in [0.2, 0.25) is 0 Å². The first-order valence-corrected chi connectivity index (χ1v) is 7.35. The minimum atomic E-state index is 0.189. The summed E-state index contributed by atoms with van der Waals surface area (Å²) in [5.41, 5.74) is 2.15. The van der Waals surface area contributed by atoms with Crippen LogP contribution in [0.3, 0.4) is 0 Å². The number of thiazole rings is 1. The lowest BCUT2D eigenvalue weighted by Crippen LogP contribution is -2.23. The first-order chi connectivity index (χ1) is 9.24. The molecule has 1 amide bonds. The number of carbonyl (C=O) groups excluding carboxylic acids is 1. The molecular formula is C15H16N2OS. The third-order valence-electron chi connectivity index (χ3n) is 3.28. The summed E-state index contributed by atoms with van der Waals surface area (Å²) in [7, 11) is 0. The molecule has 98 valence electrons. The summed E-state index contributed by atoms with van der Waals surface area (Å²) in [6.07, 6.45) is 2.09. The summed E-state index contributed by atoms with van der Waals surface area (Å²) in [6.45, 7) is 2.60. The van der Waals surface area contributed by atoms with E-state index in [9.17, 15) is 4.79 Å². The van der Waals surface area contributed by atoms with Crippen LogP contribution in [0, 0.1) is 12.8 Å². The van der Waals surface area contributed by atoms with Gasteiger partial charge in [0.05, 0.1) is 12.2 Å². The third kappa shape index (κ3) is 2.84. The fraction of sp³-hybridized carbons (Fsp3) is 0.333. The number of rotatable bonds is 4. The Morgan fingerprint density at radius 2 is 2.11 bits per heavy atom. The molecule has 0 unspecified atom stereocenters. The third-order valence-corrected chi connectivity index (χ3v) is 4.49. The van der Waals surface area contributed by atoms with Crippen molar-refractivity contribution < 1.29 is 4.79 Å². The largest absolute Gasteiger partial charge is 0.351 e. The number of nitrogens with one attached hydrogen (secondary N) is 1. The molecule has 1 fully saturated rings. The van der Waals surface area contributed by atoms with Gasteiger partial charge in [-0.05, 0) is 19.8 Å². The topological polar surface area (TPSA) is 42.0 Å². The van der Waals surface area contributed by atoms with E-state index in [0.717, 1.165) is 34.0 Å². The molecule has 2 aromatic rings. The van der Waals surface area contributed by atoms with Gasteiger partial charge in [0.2, 0.25) is 5.91 Å². The fourth-order valence-corrected chi connectivity index (χ4v) is 2.96. The van der Waals surface area contributed by atoms with Crippen LogP contribution in [0.15, 0.2) is 30.3 Å². The minimum absolute atomic E-state index is 0.189. The van der Waals surface area contributed by atoms with Crippen LogP contribution in [0.25, 0.3) is 10.6 Å². The molecule has 3 nitrogen and oxygen atoms in total. The summed E-state index contributed by atoms with van der Waals surface area (Å²) in [6, 6.07) is 10.2. The molecule has 1 heterocycles. The standard InChI is InChI=1S/C15H16N2OS/c1-10-13(9-16-14(18)11-7-8-11)19-15(17-10)12-5-3-2-4-6-12/h2-6,11H,7-9H2,1H3,(H,16,18). The summed E-state index contributed by atoms with van der Waals surface area (Å²) in [4.78, 5) is 17.4. The smallest absolute Gasteiger partial charge is 0.223 e. The highest BCUT2D eigenvalue weighted by atomic mass is 32.1. The maximum absolute atomic E-state index is 11.6. The molecule has 19 heavy (non-hydrogen) atoms. The molecule has 0 aliphatic heterocycles. The van der Waals surface area contributed by atoms with Crippen LogP contribution in [-0.2, 0) is 11.3 Å². The molecule has 1 aromatic heterocycles. The second-order valence-corrected chi connectivity index (χ2v) is 5.97. The lowest BCUT2D eigenvalue weighted by Gasteiger charge is -2.01. The van der Waals surface area contributed by atoms with Crippen molar-refractivity contribution in [1.82, 2.24) is 10.3 Å². The van der Waals surface area contributed by atoms with E-state index in [1.54, 1.807) is 11.3 Å². The Labute approximate surface area is 116 Å². The molecule has 1 aliphatic carbocycles. The maximum atomic E-state index is 11.6. The molecule has 1 aliphatic rings. The molecule has 3 rings (SSSR count). The van der Waals surface area contributed by atoms with Crippen molar-refractivity contribution in [2.75, 3.05) is 0 Å². The zero-order valence-corrected chi connectivity index (χ0v) is 11.7. The van der Waals surface area contributed by atoms with Gasteiger partial charge in [0, 0.05) is 16.4 Å². The summed E-state index contributed by atoms with van der Waals surface area (Å²) >= 11 is 1.66. The number of hydrogen-bond acceptors (Lipinski definition) is 3. The Bertz CT molecular complexity index is 587. The van der Waals surface area contributed by atoms with Crippen molar-refractivity contribution in [3.63, 3.8) is 0 Å². The van der Waals surface area contributed by atoms with Gasteiger partial charge in [-0.15, -0.1) is 11.3 Å². The van der Waals surface area contributed by atoms with Crippen molar-refractivity contribution >= 4 is 17.2 Å². The molecule has 1 N–H and O–H groups in total. The number of carbonyl (C=O) groups is 1. The van der Waals surface area contributed by atoms with Gasteiger partial charge in [0.1, 0.15) is 5.01 Å². The Morgan fingerprint density at radius 1 is 1.37 bits per heavy atom. The van der Waals surface area contributed by atoms with Crippen molar-refractivity contribution in [3.8, 4) is 10.6 Å². The van der Waals surface area contributed by atoms with Crippen LogP contribution in [-0.4, -0.2) is 10.9 Å². The zero-order valence-electron chi connectivity index (χ0n) is 10.8. The molecule has 0 spiro atoms. The highest BCUT2D eigenvalue weighted by Crippen LogP contribution is 2.30. The van der Waals surface area contributed by atoms with Crippen LogP contribution in [0.4, 0.5) is 0 Å². The Balaban J connectivity index is 1.72. The van der Waals surface area contributed by atoms with E-state index in [4.69, 9.17) is 0 Å². The second-order valence-electron chi connectivity index (χ2n) is 4.89. The van der Waals surface area contributed by atoms with Crippen LogP contribution >= 0.6 is 11.3 Å². The first kappa shape index (κ1) is 12.4. The number of amides is 1. The number of aromatic nitrogens is 1. The van der Waals surface area contributed by atoms with E-state index >= 15 is 0 Å². The molecule has 0 atom stereocenters. The van der Waals surface area contributed by atoms with Gasteiger partial charge < -0.3 is 5.32 Å². The fourth-order valence-electron chi connectivity index (χ4n) is 1.95. The van der Waals surface area contributed by atoms with Gasteiger partial charge in [0.25, 0.3) is 0 Å². The average molecular weight is 272 g/mol. The van der Waals surface area contributed by atoms with E-state index in [-0.39, 0.29) is 11.8 Å². The number of nitrogens with zero attached hydrogens (tertiary/aromatic N) is 1. The van der Waals surface area contributed by atoms with E-state index in [2.05, 4.69) is 22.4 Å². The summed E-state index contributed by atoms with van der Waals surface area (Å²) in [5, 5.41) is 4.02. The number of aryl methyl sites for hydroxylation is 1. The predicted molar refractivity (Wildman–Crippen MR) is 76.9 cm³/mol. The van der Waals surface area contributed by atoms with Gasteiger partial charge >= 0.3 is 0 Å². The lowest BCUT2D eigenvalue weighted by molar-refractivity contribution is -0.122. The van der Waals surface area contributed by atoms with Crippen molar-refractivity contribution in [1.29, 1.82) is 0 Å². The van der Waals surface area contributed by atoms with Crippen molar-refractivity contribution in [3.05, 3.63) is 40.9 Å². The van der Waals surface area contributed by atoms with Gasteiger partial charge in [-0.3, -0.25) is 4.79 Å². The van der Waals surface area contributed by atoms with E-state index in [1.807, 2.05) is 25.1 Å². The molecular weight excluding hydrogens is 256 g/mol. The molecule has 4 heteroatoms. The normalized spacial score (nSPS) is 14.4. The maximum Gasteiger partial charge on any atom is 0.223 e. The Kier molecular flexibility index (Phi) is 3.34. The van der Waals surface area contributed by atoms with E-state index < -0.39 is 0 Å². The predicted octanol–water partition coefficient (Wildman–Crippen LogP) is 3.14. The number of hydrogen-bond donors (Lipinski definition) is 1.